The van der Waals surface area contributed by atoms with Crippen LogP contribution in [0, 0.1) is 16.7 Å². The highest BCUT2D eigenvalue weighted by Gasteiger charge is 2.66. The first-order valence-corrected chi connectivity index (χ1v) is 6.20. The number of carbonyl (C=O) groups is 1. The second-order valence-electron chi connectivity index (χ2n) is 5.49. The van der Waals surface area contributed by atoms with Crippen LogP contribution in [0.5, 0.6) is 0 Å². The molecular weight excluding hydrogens is 226 g/mol. The molecule has 0 aromatic rings. The first-order valence-electron chi connectivity index (χ1n) is 5.34. The van der Waals surface area contributed by atoms with E-state index in [0.717, 1.165) is 12.8 Å². The monoisotopic (exact) mass is 243 g/mol. The number of rotatable bonds is 1. The molecule has 3 atom stereocenters. The van der Waals surface area contributed by atoms with Crippen LogP contribution in [0.1, 0.15) is 33.6 Å². The van der Waals surface area contributed by atoms with E-state index in [-0.39, 0.29) is 16.9 Å². The zero-order chi connectivity index (χ0) is 11.4. The second-order valence-corrected chi connectivity index (χ2v) is 6.65. The molecule has 0 heterocycles. The zero-order valence-corrected chi connectivity index (χ0v) is 11.0. The summed E-state index contributed by atoms with van der Waals surface area (Å²) in [6.07, 6.45) is 2.13. The summed E-state index contributed by atoms with van der Waals surface area (Å²) >= 11 is 8.97. The molecule has 2 bridgehead atoms. The Bertz CT molecular complexity index is 339. The molecule has 2 nitrogen and oxygen atoms in total. The molecule has 0 aliphatic heterocycles. The third-order valence-corrected chi connectivity index (χ3v) is 5.06. The highest BCUT2D eigenvalue weighted by Crippen LogP contribution is 2.63. The molecule has 2 aliphatic carbocycles. The molecule has 15 heavy (non-hydrogen) atoms. The molecule has 1 N–H and O–H groups in total. The fraction of sp³-hybridized carbons (Fsp3) is 0.818. The Kier molecular flexibility index (Phi) is 2.43. The SMILES string of the molecule is CC12CCC(C(NC(=S)S)C1=O)C2(C)C. The number of nitrogens with one attached hydrogen (secondary N) is 1. The summed E-state index contributed by atoms with van der Waals surface area (Å²) in [5, 5.41) is 3.05. The first-order chi connectivity index (χ1) is 6.80. The number of hydrogen-bond acceptors (Lipinski definition) is 2. The summed E-state index contributed by atoms with van der Waals surface area (Å²) in [7, 11) is 0. The molecule has 4 heteroatoms. The Labute approximate surface area is 102 Å². The van der Waals surface area contributed by atoms with Crippen LogP contribution in [-0.2, 0) is 4.79 Å². The second kappa shape index (κ2) is 3.20. The van der Waals surface area contributed by atoms with E-state index >= 15 is 0 Å². The van der Waals surface area contributed by atoms with Gasteiger partial charge in [0.25, 0.3) is 0 Å². The van der Waals surface area contributed by atoms with Crippen LogP contribution in [0.4, 0.5) is 0 Å². The number of Topliss-reactive ketones (excluding diaryl/α,β-unsaturated/α-hetero) is 1. The number of fused-ring (bicyclic) bond motifs is 2. The molecule has 2 saturated carbocycles. The van der Waals surface area contributed by atoms with Crippen molar-refractivity contribution >= 4 is 35.0 Å². The van der Waals surface area contributed by atoms with E-state index in [1.54, 1.807) is 0 Å². The van der Waals surface area contributed by atoms with Gasteiger partial charge < -0.3 is 5.32 Å². The Morgan fingerprint density at radius 3 is 2.53 bits per heavy atom. The smallest absolute Gasteiger partial charge is 0.161 e. The summed E-state index contributed by atoms with van der Waals surface area (Å²) in [6.45, 7) is 6.50. The number of thiocarbonyl (C=S) groups is 1. The molecular formula is C11H17NOS2. The minimum absolute atomic E-state index is 0.0836. The highest BCUT2D eigenvalue weighted by atomic mass is 32.1. The predicted molar refractivity (Wildman–Crippen MR) is 68.1 cm³/mol. The van der Waals surface area contributed by atoms with Crippen molar-refractivity contribution in [3.8, 4) is 0 Å². The van der Waals surface area contributed by atoms with Crippen molar-refractivity contribution in [1.29, 1.82) is 0 Å². The normalized spacial score (nSPS) is 42.0. The lowest BCUT2D eigenvalue weighted by Gasteiger charge is -2.32. The van der Waals surface area contributed by atoms with Gasteiger partial charge in [-0.2, -0.15) is 0 Å². The molecule has 0 saturated heterocycles. The van der Waals surface area contributed by atoms with Crippen LogP contribution in [0.25, 0.3) is 0 Å². The maximum Gasteiger partial charge on any atom is 0.161 e. The lowest BCUT2D eigenvalue weighted by atomic mass is 9.70. The van der Waals surface area contributed by atoms with E-state index in [4.69, 9.17) is 12.2 Å². The van der Waals surface area contributed by atoms with Gasteiger partial charge in [-0.3, -0.25) is 4.79 Å². The van der Waals surface area contributed by atoms with Crippen LogP contribution >= 0.6 is 24.8 Å². The van der Waals surface area contributed by atoms with Gasteiger partial charge in [-0.15, -0.1) is 12.6 Å². The third-order valence-electron chi connectivity index (χ3n) is 4.81. The molecule has 0 aromatic heterocycles. The molecule has 0 aromatic carbocycles. The van der Waals surface area contributed by atoms with Crippen molar-refractivity contribution < 1.29 is 4.79 Å². The fourth-order valence-corrected chi connectivity index (χ4v) is 3.65. The van der Waals surface area contributed by atoms with Gasteiger partial charge in [0, 0.05) is 5.41 Å². The first kappa shape index (κ1) is 11.4. The molecule has 3 unspecified atom stereocenters. The quantitative estimate of drug-likeness (QED) is 0.546. The van der Waals surface area contributed by atoms with E-state index < -0.39 is 0 Å². The van der Waals surface area contributed by atoms with E-state index in [1.165, 1.54) is 0 Å². The van der Waals surface area contributed by atoms with Gasteiger partial charge in [0.05, 0.1) is 6.04 Å². The topological polar surface area (TPSA) is 29.1 Å². The molecule has 2 aliphatic rings. The lowest BCUT2D eigenvalue weighted by molar-refractivity contribution is -0.129. The molecule has 84 valence electrons. The van der Waals surface area contributed by atoms with Crippen LogP contribution in [-0.4, -0.2) is 16.1 Å². The van der Waals surface area contributed by atoms with E-state index in [9.17, 15) is 4.79 Å². The lowest BCUT2D eigenvalue weighted by Crippen LogP contribution is -2.44. The minimum atomic E-state index is -0.173. The highest BCUT2D eigenvalue weighted by molar-refractivity contribution is 8.11. The van der Waals surface area contributed by atoms with Crippen molar-refractivity contribution in [2.24, 2.45) is 16.7 Å². The van der Waals surface area contributed by atoms with Crippen molar-refractivity contribution in [2.45, 2.75) is 39.7 Å². The van der Waals surface area contributed by atoms with Crippen LogP contribution in [0.15, 0.2) is 0 Å². The van der Waals surface area contributed by atoms with Gasteiger partial charge in [0.15, 0.2) is 5.78 Å². The largest absolute Gasteiger partial charge is 0.361 e. The van der Waals surface area contributed by atoms with Crippen LogP contribution in [0.3, 0.4) is 0 Å². The molecule has 0 radical (unpaired) electrons. The minimum Gasteiger partial charge on any atom is -0.361 e. The summed E-state index contributed by atoms with van der Waals surface area (Å²) < 4.78 is 0.431. The molecule has 0 spiro atoms. The number of thiol groups is 1. The van der Waals surface area contributed by atoms with Crippen molar-refractivity contribution in [3.05, 3.63) is 0 Å². The Morgan fingerprint density at radius 2 is 2.13 bits per heavy atom. The molecule has 2 rings (SSSR count). The average Bonchev–Trinajstić information content (AvgIpc) is 2.40. The van der Waals surface area contributed by atoms with E-state index in [0.29, 0.717) is 16.0 Å². The maximum atomic E-state index is 12.3. The van der Waals surface area contributed by atoms with Gasteiger partial charge >= 0.3 is 0 Å². The predicted octanol–water partition coefficient (Wildman–Crippen LogP) is 2.18. The third kappa shape index (κ3) is 1.30. The van der Waals surface area contributed by atoms with Gasteiger partial charge in [-0.25, -0.2) is 0 Å². The zero-order valence-electron chi connectivity index (χ0n) is 9.33. The molecule has 2 fully saturated rings. The molecule has 0 amide bonds. The number of ketones is 1. The maximum absolute atomic E-state index is 12.3. The Hall–Kier alpha value is -0.0900. The number of hydrogen-bond donors (Lipinski definition) is 2. The summed E-state index contributed by atoms with van der Waals surface area (Å²) in [6, 6.07) is -0.108. The van der Waals surface area contributed by atoms with Gasteiger partial charge in [-0.05, 0) is 24.2 Å². The van der Waals surface area contributed by atoms with Gasteiger partial charge in [0.1, 0.15) is 4.32 Å². The summed E-state index contributed by atoms with van der Waals surface area (Å²) in [5.74, 6) is 0.722. The van der Waals surface area contributed by atoms with Crippen LogP contribution < -0.4 is 5.32 Å². The van der Waals surface area contributed by atoms with Crippen molar-refractivity contribution in [2.75, 3.05) is 0 Å². The van der Waals surface area contributed by atoms with Gasteiger partial charge in [0.2, 0.25) is 0 Å². The van der Waals surface area contributed by atoms with Gasteiger partial charge in [-0.1, -0.05) is 33.0 Å². The van der Waals surface area contributed by atoms with E-state index in [1.807, 2.05) is 0 Å². The van der Waals surface area contributed by atoms with Crippen molar-refractivity contribution in [3.63, 3.8) is 0 Å². The standard InChI is InChI=1S/C11H17NOS2/c1-10(2)6-4-5-11(10,3)8(13)7(6)12-9(14)15/h6-7H,4-5H2,1-3H3,(H2,12,14,15). The van der Waals surface area contributed by atoms with Crippen LogP contribution in [0.2, 0.25) is 0 Å². The van der Waals surface area contributed by atoms with E-state index in [2.05, 4.69) is 38.7 Å². The summed E-state index contributed by atoms with van der Waals surface area (Å²) in [5.41, 5.74) is -0.0891. The van der Waals surface area contributed by atoms with Crippen molar-refractivity contribution in [1.82, 2.24) is 5.32 Å². The summed E-state index contributed by atoms with van der Waals surface area (Å²) in [4.78, 5) is 12.3. The number of carbonyl (C=O) groups excluding carboxylic acids is 1. The fourth-order valence-electron chi connectivity index (χ4n) is 3.39. The Morgan fingerprint density at radius 1 is 1.53 bits per heavy atom. The average molecular weight is 243 g/mol. The Balaban J connectivity index is 2.34.